The first-order chi connectivity index (χ1) is 10.6. The zero-order valence-corrected chi connectivity index (χ0v) is 15.5. The van der Waals surface area contributed by atoms with Gasteiger partial charge in [0.2, 0.25) is 0 Å². The summed E-state index contributed by atoms with van der Waals surface area (Å²) in [6, 6.07) is 9.60. The molecule has 22 heavy (non-hydrogen) atoms. The molecule has 0 aliphatic carbocycles. The number of nitrogens with one attached hydrogen (secondary N) is 1. The van der Waals surface area contributed by atoms with Crippen molar-refractivity contribution in [1.29, 1.82) is 0 Å². The largest absolute Gasteiger partial charge is 0.395 e. The van der Waals surface area contributed by atoms with E-state index in [-0.39, 0.29) is 0 Å². The SMILES string of the molecule is CCO[Si](C)(CCc1cccc(COCCNC)c1)OCC. The van der Waals surface area contributed by atoms with E-state index in [9.17, 15) is 0 Å². The zero-order chi connectivity index (χ0) is 16.3. The fourth-order valence-electron chi connectivity index (χ4n) is 2.41. The zero-order valence-electron chi connectivity index (χ0n) is 14.5. The molecule has 0 heterocycles. The Bertz CT molecular complexity index is 409. The molecule has 0 amide bonds. The Kier molecular flexibility index (Phi) is 9.59. The number of ether oxygens (including phenoxy) is 1. The Morgan fingerprint density at radius 2 is 1.77 bits per heavy atom. The molecule has 0 bridgehead atoms. The summed E-state index contributed by atoms with van der Waals surface area (Å²) in [4.78, 5) is 0. The van der Waals surface area contributed by atoms with Crippen molar-refractivity contribution in [3.63, 3.8) is 0 Å². The Labute approximate surface area is 136 Å². The van der Waals surface area contributed by atoms with E-state index in [1.165, 1.54) is 11.1 Å². The topological polar surface area (TPSA) is 39.7 Å². The van der Waals surface area contributed by atoms with Crippen LogP contribution in [0.2, 0.25) is 12.6 Å². The lowest BCUT2D eigenvalue weighted by Crippen LogP contribution is -2.39. The van der Waals surface area contributed by atoms with Gasteiger partial charge in [0.05, 0.1) is 13.2 Å². The Morgan fingerprint density at radius 1 is 1.09 bits per heavy atom. The van der Waals surface area contributed by atoms with Gasteiger partial charge in [-0.1, -0.05) is 24.3 Å². The van der Waals surface area contributed by atoms with Crippen LogP contribution in [0.4, 0.5) is 0 Å². The van der Waals surface area contributed by atoms with E-state index in [0.717, 1.165) is 38.8 Å². The summed E-state index contributed by atoms with van der Waals surface area (Å²) in [7, 11) is -0.0931. The molecule has 0 atom stereocenters. The lowest BCUT2D eigenvalue weighted by atomic mass is 10.1. The normalized spacial score (nSPS) is 11.8. The summed E-state index contributed by atoms with van der Waals surface area (Å²) in [6.45, 7) is 9.96. The third-order valence-corrected chi connectivity index (χ3v) is 6.48. The minimum absolute atomic E-state index is 0.668. The van der Waals surface area contributed by atoms with Crippen LogP contribution in [0.1, 0.15) is 25.0 Å². The standard InChI is InChI=1S/C17H31NO3Si/c1-5-20-22(4,21-6-2)13-10-16-8-7-9-17(14-16)15-19-12-11-18-3/h7-9,14,18H,5-6,10-13,15H2,1-4H3. The molecule has 0 aliphatic rings. The summed E-state index contributed by atoms with van der Waals surface area (Å²) in [5.74, 6) is 0. The molecule has 0 aliphatic heterocycles. The number of rotatable bonds is 12. The minimum atomic E-state index is -2.03. The van der Waals surface area contributed by atoms with Gasteiger partial charge in [-0.3, -0.25) is 0 Å². The van der Waals surface area contributed by atoms with Crippen molar-refractivity contribution in [3.05, 3.63) is 35.4 Å². The van der Waals surface area contributed by atoms with Crippen molar-refractivity contribution >= 4 is 8.56 Å². The molecule has 0 fully saturated rings. The van der Waals surface area contributed by atoms with E-state index >= 15 is 0 Å². The van der Waals surface area contributed by atoms with Gasteiger partial charge in [0, 0.05) is 19.8 Å². The highest BCUT2D eigenvalue weighted by Crippen LogP contribution is 2.18. The van der Waals surface area contributed by atoms with Gasteiger partial charge in [0.1, 0.15) is 0 Å². The second-order valence-electron chi connectivity index (χ2n) is 5.48. The fourth-order valence-corrected chi connectivity index (χ4v) is 4.74. The molecule has 1 aromatic carbocycles. The van der Waals surface area contributed by atoms with Crippen LogP contribution in [0.25, 0.3) is 0 Å². The Balaban J connectivity index is 2.51. The predicted octanol–water partition coefficient (Wildman–Crippen LogP) is 3.11. The molecule has 126 valence electrons. The molecule has 0 spiro atoms. The van der Waals surface area contributed by atoms with Gasteiger partial charge in [0.25, 0.3) is 0 Å². The van der Waals surface area contributed by atoms with Crippen molar-refractivity contribution < 1.29 is 13.6 Å². The number of benzene rings is 1. The van der Waals surface area contributed by atoms with Gasteiger partial charge in [-0.25, -0.2) is 0 Å². The van der Waals surface area contributed by atoms with Gasteiger partial charge in [-0.15, -0.1) is 0 Å². The van der Waals surface area contributed by atoms with Crippen LogP contribution >= 0.6 is 0 Å². The van der Waals surface area contributed by atoms with Gasteiger partial charge in [-0.2, -0.15) is 0 Å². The second-order valence-corrected chi connectivity index (χ2v) is 8.82. The predicted molar refractivity (Wildman–Crippen MR) is 93.4 cm³/mol. The van der Waals surface area contributed by atoms with Crippen molar-refractivity contribution in [2.75, 3.05) is 33.4 Å². The van der Waals surface area contributed by atoms with Crippen molar-refractivity contribution in [2.45, 2.75) is 39.5 Å². The quantitative estimate of drug-likeness (QED) is 0.473. The Hall–Kier alpha value is -0.723. The second kappa shape index (κ2) is 10.9. The Morgan fingerprint density at radius 3 is 2.41 bits per heavy atom. The maximum Gasteiger partial charge on any atom is 0.335 e. The van der Waals surface area contributed by atoms with E-state index in [4.69, 9.17) is 13.6 Å². The number of hydrogen-bond donors (Lipinski definition) is 1. The molecule has 0 saturated carbocycles. The molecule has 1 rings (SSSR count). The molecule has 4 nitrogen and oxygen atoms in total. The molecule has 5 heteroatoms. The number of hydrogen-bond acceptors (Lipinski definition) is 4. The first kappa shape index (κ1) is 19.3. The lowest BCUT2D eigenvalue weighted by Gasteiger charge is -2.26. The number of likely N-dealkylation sites (N-methyl/N-ethyl adjacent to an activating group) is 1. The monoisotopic (exact) mass is 325 g/mol. The van der Waals surface area contributed by atoms with E-state index in [2.05, 4.69) is 36.1 Å². The molecule has 0 radical (unpaired) electrons. The van der Waals surface area contributed by atoms with Crippen LogP contribution in [0.15, 0.2) is 24.3 Å². The third-order valence-electron chi connectivity index (χ3n) is 3.52. The minimum Gasteiger partial charge on any atom is -0.395 e. The van der Waals surface area contributed by atoms with Gasteiger partial charge >= 0.3 is 8.56 Å². The van der Waals surface area contributed by atoms with E-state index in [1.54, 1.807) is 0 Å². The first-order valence-corrected chi connectivity index (χ1v) is 10.7. The molecule has 0 saturated heterocycles. The van der Waals surface area contributed by atoms with Gasteiger partial charge < -0.3 is 18.9 Å². The lowest BCUT2D eigenvalue weighted by molar-refractivity contribution is 0.124. The molecule has 1 N–H and O–H groups in total. The van der Waals surface area contributed by atoms with E-state index in [1.807, 2.05) is 20.9 Å². The molecule has 0 unspecified atom stereocenters. The van der Waals surface area contributed by atoms with Crippen LogP contribution in [0.3, 0.4) is 0 Å². The molecular formula is C17H31NO3Si. The first-order valence-electron chi connectivity index (χ1n) is 8.21. The van der Waals surface area contributed by atoms with Crippen LogP contribution in [0, 0.1) is 0 Å². The maximum atomic E-state index is 5.90. The van der Waals surface area contributed by atoms with Crippen LogP contribution in [-0.2, 0) is 26.6 Å². The number of aryl methyl sites for hydroxylation is 1. The maximum absolute atomic E-state index is 5.90. The van der Waals surface area contributed by atoms with Crippen LogP contribution in [0.5, 0.6) is 0 Å². The van der Waals surface area contributed by atoms with Crippen molar-refractivity contribution in [3.8, 4) is 0 Å². The smallest absolute Gasteiger partial charge is 0.335 e. The summed E-state index contributed by atoms with van der Waals surface area (Å²) >= 11 is 0. The molecule has 1 aromatic rings. The van der Waals surface area contributed by atoms with Crippen molar-refractivity contribution in [1.82, 2.24) is 5.32 Å². The molecular weight excluding hydrogens is 294 g/mol. The van der Waals surface area contributed by atoms with E-state index in [0.29, 0.717) is 6.61 Å². The average Bonchev–Trinajstić information content (AvgIpc) is 2.51. The van der Waals surface area contributed by atoms with Crippen molar-refractivity contribution in [2.24, 2.45) is 0 Å². The van der Waals surface area contributed by atoms with Crippen LogP contribution in [-0.4, -0.2) is 42.0 Å². The molecule has 0 aromatic heterocycles. The van der Waals surface area contributed by atoms with E-state index < -0.39 is 8.56 Å². The van der Waals surface area contributed by atoms with Gasteiger partial charge in [0.15, 0.2) is 0 Å². The summed E-state index contributed by atoms with van der Waals surface area (Å²) in [6.07, 6.45) is 0.993. The highest BCUT2D eigenvalue weighted by atomic mass is 28.4. The summed E-state index contributed by atoms with van der Waals surface area (Å²) in [5, 5.41) is 3.08. The highest BCUT2D eigenvalue weighted by Gasteiger charge is 2.30. The third kappa shape index (κ3) is 7.51. The fraction of sp³-hybridized carbons (Fsp3) is 0.647. The summed E-state index contributed by atoms with van der Waals surface area (Å²) in [5.41, 5.74) is 2.55. The van der Waals surface area contributed by atoms with Gasteiger partial charge in [-0.05, 0) is 51.0 Å². The highest BCUT2D eigenvalue weighted by molar-refractivity contribution is 6.66. The average molecular weight is 326 g/mol. The summed E-state index contributed by atoms with van der Waals surface area (Å²) < 4.78 is 17.4. The van der Waals surface area contributed by atoms with Crippen LogP contribution < -0.4 is 5.32 Å².